The monoisotopic (exact) mass is 491 g/mol. The highest BCUT2D eigenvalue weighted by atomic mass is 35.5. The average molecular weight is 492 g/mol. The van der Waals surface area contributed by atoms with Gasteiger partial charge in [-0.3, -0.25) is 0 Å². The molecule has 0 saturated carbocycles. The summed E-state index contributed by atoms with van der Waals surface area (Å²) in [7, 11) is 0. The van der Waals surface area contributed by atoms with Crippen LogP contribution in [0.1, 0.15) is 46.1 Å². The molecule has 2 aliphatic rings. The zero-order chi connectivity index (χ0) is 23.2. The molecule has 7 heteroatoms. The van der Waals surface area contributed by atoms with Crippen LogP contribution in [0.15, 0.2) is 66.9 Å². The van der Waals surface area contributed by atoms with Gasteiger partial charge in [-0.05, 0) is 67.1 Å². The molecule has 1 unspecified atom stereocenters. The molecule has 1 atom stereocenters. The van der Waals surface area contributed by atoms with E-state index in [1.807, 2.05) is 34.4 Å². The predicted octanol–water partition coefficient (Wildman–Crippen LogP) is 7.35. The summed E-state index contributed by atoms with van der Waals surface area (Å²) < 4.78 is 16.0. The van der Waals surface area contributed by atoms with Gasteiger partial charge < -0.3 is 14.8 Å². The van der Waals surface area contributed by atoms with E-state index in [9.17, 15) is 9.18 Å². The molecule has 2 amide bonds. The minimum Gasteiger partial charge on any atom is -0.310 e. The Hall–Kier alpha value is -3.09. The van der Waals surface area contributed by atoms with Crippen molar-refractivity contribution < 1.29 is 9.18 Å². The van der Waals surface area contributed by atoms with Gasteiger partial charge >= 0.3 is 6.03 Å². The fraction of sp³-hybridized carbons (Fsp3) is 0.222. The minimum absolute atomic E-state index is 0.0173. The van der Waals surface area contributed by atoms with Crippen molar-refractivity contribution in [2.75, 3.05) is 5.32 Å². The lowest BCUT2D eigenvalue weighted by atomic mass is 9.95. The Kier molecular flexibility index (Phi) is 5.42. The van der Waals surface area contributed by atoms with Gasteiger partial charge in [-0.25, -0.2) is 9.18 Å². The number of aryl methyl sites for hydroxylation is 1. The number of hydrogen-bond donors (Lipinski definition) is 1. The number of nitrogens with zero attached hydrogens (tertiary/aromatic N) is 2. The van der Waals surface area contributed by atoms with Gasteiger partial charge in [0.05, 0.1) is 23.3 Å². The Bertz CT molecular complexity index is 1380. The number of hydrogen-bond acceptors (Lipinski definition) is 2. The van der Waals surface area contributed by atoms with Crippen LogP contribution in [0.5, 0.6) is 0 Å². The van der Waals surface area contributed by atoms with E-state index in [0.717, 1.165) is 24.1 Å². The van der Waals surface area contributed by atoms with Gasteiger partial charge in [-0.1, -0.05) is 41.9 Å². The molecule has 4 aromatic rings. The van der Waals surface area contributed by atoms with E-state index in [1.54, 1.807) is 0 Å². The molecule has 34 heavy (non-hydrogen) atoms. The molecule has 0 spiro atoms. The highest BCUT2D eigenvalue weighted by molar-refractivity contribution is 7.15. The third-order valence-corrected chi connectivity index (χ3v) is 8.35. The SMILES string of the molecule is O=C(Nc1ccc(F)c(Cl)c1)N1Cc2c(sc3c2CCCC3)-n2cccc2C1c1ccccc1. The smallest absolute Gasteiger partial charge is 0.310 e. The third-order valence-electron chi connectivity index (χ3n) is 6.73. The number of carbonyl (C=O) groups is 1. The summed E-state index contributed by atoms with van der Waals surface area (Å²) >= 11 is 7.84. The first kappa shape index (κ1) is 21.4. The lowest BCUT2D eigenvalue weighted by Crippen LogP contribution is -2.38. The van der Waals surface area contributed by atoms with E-state index in [-0.39, 0.29) is 17.1 Å². The van der Waals surface area contributed by atoms with Gasteiger partial charge in [0.15, 0.2) is 0 Å². The molecule has 3 heterocycles. The number of anilines is 1. The maximum atomic E-state index is 13.8. The zero-order valence-electron chi connectivity index (χ0n) is 18.4. The fourth-order valence-electron chi connectivity index (χ4n) is 5.14. The van der Waals surface area contributed by atoms with E-state index in [2.05, 4.69) is 40.3 Å². The summed E-state index contributed by atoms with van der Waals surface area (Å²) in [6, 6.07) is 18.0. The summed E-state index contributed by atoms with van der Waals surface area (Å²) in [5.74, 6) is -0.510. The zero-order valence-corrected chi connectivity index (χ0v) is 20.0. The maximum Gasteiger partial charge on any atom is 0.322 e. The molecule has 1 aliphatic heterocycles. The Morgan fingerprint density at radius 2 is 1.85 bits per heavy atom. The van der Waals surface area contributed by atoms with Crippen LogP contribution in [0.4, 0.5) is 14.9 Å². The molecule has 1 N–H and O–H groups in total. The number of amides is 2. The van der Waals surface area contributed by atoms with Crippen LogP contribution in [0.2, 0.25) is 5.02 Å². The lowest BCUT2D eigenvalue weighted by Gasteiger charge is -2.31. The van der Waals surface area contributed by atoms with Gasteiger partial charge in [-0.2, -0.15) is 0 Å². The molecular formula is C27H23ClFN3OS. The summed E-state index contributed by atoms with van der Waals surface area (Å²) in [5, 5.41) is 4.16. The average Bonchev–Trinajstić information content (AvgIpc) is 3.44. The van der Waals surface area contributed by atoms with E-state index in [4.69, 9.17) is 11.6 Å². The Morgan fingerprint density at radius 1 is 1.03 bits per heavy atom. The van der Waals surface area contributed by atoms with Crippen molar-refractivity contribution in [1.29, 1.82) is 0 Å². The van der Waals surface area contributed by atoms with Gasteiger partial charge in [0.1, 0.15) is 10.8 Å². The van der Waals surface area contributed by atoms with Crippen molar-refractivity contribution in [3.05, 3.63) is 105 Å². The molecule has 0 saturated heterocycles. The molecule has 0 bridgehead atoms. The van der Waals surface area contributed by atoms with E-state index in [0.29, 0.717) is 12.2 Å². The number of carbonyl (C=O) groups excluding carboxylic acids is 1. The molecule has 4 nitrogen and oxygen atoms in total. The molecule has 172 valence electrons. The van der Waals surface area contributed by atoms with Crippen LogP contribution < -0.4 is 5.32 Å². The summed E-state index contributed by atoms with van der Waals surface area (Å²) in [4.78, 5) is 17.1. The Balaban J connectivity index is 1.48. The number of thiophene rings is 1. The van der Waals surface area contributed by atoms with Crippen LogP contribution in [-0.2, 0) is 19.4 Å². The molecule has 0 fully saturated rings. The van der Waals surface area contributed by atoms with E-state index >= 15 is 0 Å². The fourth-order valence-corrected chi connectivity index (χ4v) is 6.73. The first-order valence-corrected chi connectivity index (χ1v) is 12.7. The topological polar surface area (TPSA) is 37.3 Å². The van der Waals surface area contributed by atoms with Crippen molar-refractivity contribution >= 4 is 34.7 Å². The summed E-state index contributed by atoms with van der Waals surface area (Å²) in [6.07, 6.45) is 6.65. The first-order valence-electron chi connectivity index (χ1n) is 11.5. The van der Waals surface area contributed by atoms with E-state index in [1.165, 1.54) is 52.0 Å². The molecule has 2 aromatic heterocycles. The quantitative estimate of drug-likeness (QED) is 0.313. The van der Waals surface area contributed by atoms with Crippen molar-refractivity contribution in [1.82, 2.24) is 9.47 Å². The van der Waals surface area contributed by atoms with Gasteiger partial charge in [0.2, 0.25) is 0 Å². The highest BCUT2D eigenvalue weighted by Gasteiger charge is 2.36. The second-order valence-corrected chi connectivity index (χ2v) is 10.3. The van der Waals surface area contributed by atoms with Crippen molar-refractivity contribution in [2.24, 2.45) is 0 Å². The maximum absolute atomic E-state index is 13.8. The second-order valence-electron chi connectivity index (χ2n) is 8.80. The Morgan fingerprint density at radius 3 is 2.68 bits per heavy atom. The van der Waals surface area contributed by atoms with E-state index < -0.39 is 5.82 Å². The van der Waals surface area contributed by atoms with Crippen LogP contribution in [-0.4, -0.2) is 15.5 Å². The number of urea groups is 1. The van der Waals surface area contributed by atoms with Gasteiger partial charge in [0.25, 0.3) is 0 Å². The Labute approximate surface area is 206 Å². The van der Waals surface area contributed by atoms with Crippen LogP contribution in [0.3, 0.4) is 0 Å². The molecule has 2 aromatic carbocycles. The second kappa shape index (κ2) is 8.60. The molecule has 1 aliphatic carbocycles. The van der Waals surface area contributed by atoms with Crippen molar-refractivity contribution in [2.45, 2.75) is 38.3 Å². The largest absolute Gasteiger partial charge is 0.322 e. The number of nitrogens with one attached hydrogen (secondary N) is 1. The number of halogens is 2. The molecular weight excluding hydrogens is 469 g/mol. The van der Waals surface area contributed by atoms with Crippen LogP contribution >= 0.6 is 22.9 Å². The summed E-state index contributed by atoms with van der Waals surface area (Å²) in [6.45, 7) is 0.503. The highest BCUT2D eigenvalue weighted by Crippen LogP contribution is 2.44. The molecule has 0 radical (unpaired) electrons. The number of aromatic nitrogens is 1. The number of benzene rings is 2. The van der Waals surface area contributed by atoms with Crippen LogP contribution in [0.25, 0.3) is 5.00 Å². The van der Waals surface area contributed by atoms with Crippen LogP contribution in [0, 0.1) is 5.82 Å². The summed E-state index contributed by atoms with van der Waals surface area (Å²) in [5.41, 5.74) is 5.20. The normalized spacial score (nSPS) is 16.9. The standard InChI is InChI=1S/C27H23ClFN3OS/c28-21-15-18(12-13-22(21)29)30-27(33)32-16-20-19-9-4-5-11-24(19)34-26(20)31-14-6-10-23(31)25(32)17-7-2-1-3-8-17/h1-3,6-8,10,12-15,25H,4-5,9,11,16H2,(H,30,33). The van der Waals surface area contributed by atoms with Crippen molar-refractivity contribution in [3.8, 4) is 5.00 Å². The number of rotatable bonds is 2. The van der Waals surface area contributed by atoms with Gasteiger partial charge in [-0.15, -0.1) is 11.3 Å². The predicted molar refractivity (Wildman–Crippen MR) is 135 cm³/mol. The van der Waals surface area contributed by atoms with Crippen molar-refractivity contribution in [3.63, 3.8) is 0 Å². The van der Waals surface area contributed by atoms with Gasteiger partial charge in [0, 0.05) is 22.3 Å². The minimum atomic E-state index is -0.510. The number of fused-ring (bicyclic) bond motifs is 5. The molecule has 6 rings (SSSR count). The first-order chi connectivity index (χ1) is 16.6. The lowest BCUT2D eigenvalue weighted by molar-refractivity contribution is 0.194. The third kappa shape index (κ3) is 3.62.